The maximum atomic E-state index is 11.2. The fourth-order valence-corrected chi connectivity index (χ4v) is 1.45. The monoisotopic (exact) mass is 253 g/mol. The van der Waals surface area contributed by atoms with Crippen molar-refractivity contribution < 1.29 is 14.6 Å². The molecule has 1 heterocycles. The molecule has 1 rings (SSSR count). The van der Waals surface area contributed by atoms with Crippen LogP contribution >= 0.6 is 0 Å². The van der Waals surface area contributed by atoms with Crippen LogP contribution in [0.2, 0.25) is 0 Å². The maximum absolute atomic E-state index is 11.2. The summed E-state index contributed by atoms with van der Waals surface area (Å²) in [5, 5.41) is 9.22. The van der Waals surface area contributed by atoms with Gasteiger partial charge in [0.1, 0.15) is 17.7 Å². The second-order valence-electron chi connectivity index (χ2n) is 4.48. The number of aromatic nitrogens is 2. The Hall–Kier alpha value is -1.85. The second kappa shape index (κ2) is 5.20. The summed E-state index contributed by atoms with van der Waals surface area (Å²) >= 11 is 0. The topological polar surface area (TPSA) is 75.6 Å². The molecule has 1 N–H and O–H groups in total. The molecule has 0 saturated carbocycles. The van der Waals surface area contributed by atoms with Crippen LogP contribution in [-0.4, -0.2) is 40.2 Å². The second-order valence-corrected chi connectivity index (χ2v) is 4.48. The van der Waals surface area contributed by atoms with Crippen molar-refractivity contribution in [2.24, 2.45) is 0 Å². The molecule has 1 aromatic rings. The number of carboxylic acids is 1. The SMILES string of the molecule is CCOc1ncnc(N(C)C(C)(C)C(=O)O)c1C. The molecule has 0 aliphatic heterocycles. The van der Waals surface area contributed by atoms with Gasteiger partial charge < -0.3 is 14.7 Å². The van der Waals surface area contributed by atoms with Crippen LogP contribution in [0.1, 0.15) is 26.3 Å². The molecule has 0 bridgehead atoms. The van der Waals surface area contributed by atoms with E-state index in [2.05, 4.69) is 9.97 Å². The first kappa shape index (κ1) is 14.2. The van der Waals surface area contributed by atoms with E-state index in [1.807, 2.05) is 13.8 Å². The molecule has 0 amide bonds. The van der Waals surface area contributed by atoms with Crippen LogP contribution < -0.4 is 9.64 Å². The van der Waals surface area contributed by atoms with E-state index in [1.54, 1.807) is 25.8 Å². The normalized spacial score (nSPS) is 11.2. The number of ether oxygens (including phenoxy) is 1. The van der Waals surface area contributed by atoms with Crippen LogP contribution in [0.3, 0.4) is 0 Å². The summed E-state index contributed by atoms with van der Waals surface area (Å²) < 4.78 is 5.38. The summed E-state index contributed by atoms with van der Waals surface area (Å²) in [5.74, 6) is 0.123. The predicted molar refractivity (Wildman–Crippen MR) is 68.1 cm³/mol. The fourth-order valence-electron chi connectivity index (χ4n) is 1.45. The summed E-state index contributed by atoms with van der Waals surface area (Å²) in [6, 6.07) is 0. The predicted octanol–water partition coefficient (Wildman–Crippen LogP) is 1.48. The first-order valence-electron chi connectivity index (χ1n) is 5.74. The molecule has 0 aliphatic rings. The van der Waals surface area contributed by atoms with E-state index in [9.17, 15) is 9.90 Å². The van der Waals surface area contributed by atoms with Crippen molar-refractivity contribution in [3.05, 3.63) is 11.9 Å². The van der Waals surface area contributed by atoms with Crippen molar-refractivity contribution in [3.63, 3.8) is 0 Å². The summed E-state index contributed by atoms with van der Waals surface area (Å²) in [5.41, 5.74) is -0.320. The molecule has 1 aromatic heterocycles. The average molecular weight is 253 g/mol. The van der Waals surface area contributed by atoms with Gasteiger partial charge >= 0.3 is 5.97 Å². The average Bonchev–Trinajstić information content (AvgIpc) is 2.31. The quantitative estimate of drug-likeness (QED) is 0.856. The Morgan fingerprint density at radius 1 is 1.50 bits per heavy atom. The summed E-state index contributed by atoms with van der Waals surface area (Å²) in [7, 11) is 1.69. The zero-order chi connectivity index (χ0) is 13.9. The highest BCUT2D eigenvalue weighted by molar-refractivity contribution is 5.82. The van der Waals surface area contributed by atoms with E-state index >= 15 is 0 Å². The molecule has 0 spiro atoms. The summed E-state index contributed by atoms with van der Waals surface area (Å²) in [6.45, 7) is 7.43. The number of anilines is 1. The van der Waals surface area contributed by atoms with Gasteiger partial charge in [-0.25, -0.2) is 14.8 Å². The van der Waals surface area contributed by atoms with Crippen LogP contribution in [0.15, 0.2) is 6.33 Å². The number of hydrogen-bond donors (Lipinski definition) is 1. The largest absolute Gasteiger partial charge is 0.480 e. The van der Waals surface area contributed by atoms with Crippen LogP contribution in [0.5, 0.6) is 5.88 Å². The zero-order valence-corrected chi connectivity index (χ0v) is 11.4. The van der Waals surface area contributed by atoms with E-state index in [4.69, 9.17) is 4.74 Å². The first-order valence-corrected chi connectivity index (χ1v) is 5.74. The maximum Gasteiger partial charge on any atom is 0.328 e. The molecule has 0 radical (unpaired) electrons. The van der Waals surface area contributed by atoms with Crippen molar-refractivity contribution in [1.82, 2.24) is 9.97 Å². The van der Waals surface area contributed by atoms with Crippen LogP contribution in [0, 0.1) is 6.92 Å². The van der Waals surface area contributed by atoms with Gasteiger partial charge in [-0.15, -0.1) is 0 Å². The van der Waals surface area contributed by atoms with Gasteiger partial charge in [-0.05, 0) is 27.7 Å². The molecule has 6 nitrogen and oxygen atoms in total. The number of aliphatic carboxylic acids is 1. The van der Waals surface area contributed by atoms with Gasteiger partial charge in [-0.2, -0.15) is 0 Å². The van der Waals surface area contributed by atoms with Crippen molar-refractivity contribution in [3.8, 4) is 5.88 Å². The molecular formula is C12H19N3O3. The molecule has 0 unspecified atom stereocenters. The molecule has 0 saturated heterocycles. The third-order valence-electron chi connectivity index (χ3n) is 2.97. The molecule has 18 heavy (non-hydrogen) atoms. The van der Waals surface area contributed by atoms with E-state index in [-0.39, 0.29) is 0 Å². The lowest BCUT2D eigenvalue weighted by Gasteiger charge is -2.33. The fraction of sp³-hybridized carbons (Fsp3) is 0.583. The molecule has 0 aromatic carbocycles. The van der Waals surface area contributed by atoms with Crippen LogP contribution in [0.4, 0.5) is 5.82 Å². The highest BCUT2D eigenvalue weighted by Gasteiger charge is 2.34. The summed E-state index contributed by atoms with van der Waals surface area (Å²) in [6.07, 6.45) is 1.38. The Kier molecular flexibility index (Phi) is 4.11. The van der Waals surface area contributed by atoms with Gasteiger partial charge in [0.15, 0.2) is 0 Å². The smallest absolute Gasteiger partial charge is 0.328 e. The van der Waals surface area contributed by atoms with E-state index in [0.717, 1.165) is 5.56 Å². The number of nitrogens with zero attached hydrogens (tertiary/aromatic N) is 3. The minimum absolute atomic E-state index is 0.482. The minimum Gasteiger partial charge on any atom is -0.480 e. The van der Waals surface area contributed by atoms with E-state index < -0.39 is 11.5 Å². The Morgan fingerprint density at radius 2 is 2.11 bits per heavy atom. The lowest BCUT2D eigenvalue weighted by molar-refractivity contribution is -0.142. The van der Waals surface area contributed by atoms with Crippen molar-refractivity contribution in [1.29, 1.82) is 0 Å². The lowest BCUT2D eigenvalue weighted by Crippen LogP contribution is -2.48. The van der Waals surface area contributed by atoms with Gasteiger partial charge in [0.2, 0.25) is 5.88 Å². The molecule has 100 valence electrons. The van der Waals surface area contributed by atoms with Gasteiger partial charge in [-0.1, -0.05) is 0 Å². The van der Waals surface area contributed by atoms with Gasteiger partial charge in [0.05, 0.1) is 12.2 Å². The Balaban J connectivity index is 3.18. The Labute approximate surface area is 107 Å². The zero-order valence-electron chi connectivity index (χ0n) is 11.4. The summed E-state index contributed by atoms with van der Waals surface area (Å²) in [4.78, 5) is 21.0. The third-order valence-corrected chi connectivity index (χ3v) is 2.97. The molecule has 0 aliphatic carbocycles. The van der Waals surface area contributed by atoms with Gasteiger partial charge in [0.25, 0.3) is 0 Å². The standard InChI is InChI=1S/C12H19N3O3/c1-6-18-10-8(2)9(13-7-14-10)15(5)12(3,4)11(16)17/h7H,6H2,1-5H3,(H,16,17). The van der Waals surface area contributed by atoms with Crippen LogP contribution in [-0.2, 0) is 4.79 Å². The van der Waals surface area contributed by atoms with Crippen molar-refractivity contribution >= 4 is 11.8 Å². The van der Waals surface area contributed by atoms with E-state index in [1.165, 1.54) is 6.33 Å². The third kappa shape index (κ3) is 2.52. The first-order chi connectivity index (χ1) is 8.32. The van der Waals surface area contributed by atoms with E-state index in [0.29, 0.717) is 18.3 Å². The molecule has 0 fully saturated rings. The minimum atomic E-state index is -1.05. The lowest BCUT2D eigenvalue weighted by atomic mass is 10.0. The number of likely N-dealkylation sites (N-methyl/N-ethyl adjacent to an activating group) is 1. The molecule has 6 heteroatoms. The number of rotatable bonds is 5. The number of hydrogen-bond acceptors (Lipinski definition) is 5. The van der Waals surface area contributed by atoms with Crippen molar-refractivity contribution in [2.75, 3.05) is 18.6 Å². The number of carboxylic acid groups (broad SMARTS) is 1. The highest BCUT2D eigenvalue weighted by atomic mass is 16.5. The highest BCUT2D eigenvalue weighted by Crippen LogP contribution is 2.27. The number of carbonyl (C=O) groups is 1. The van der Waals surface area contributed by atoms with Gasteiger partial charge in [-0.3, -0.25) is 0 Å². The van der Waals surface area contributed by atoms with Crippen LogP contribution in [0.25, 0.3) is 0 Å². The Bertz CT molecular complexity index is 446. The van der Waals surface area contributed by atoms with Gasteiger partial charge in [0, 0.05) is 7.05 Å². The van der Waals surface area contributed by atoms with Crippen molar-refractivity contribution in [2.45, 2.75) is 33.2 Å². The molecular weight excluding hydrogens is 234 g/mol. The molecule has 0 atom stereocenters. The Morgan fingerprint density at radius 3 is 2.61 bits per heavy atom.